The number of hydrogen-bond acceptors (Lipinski definition) is 20. The van der Waals surface area contributed by atoms with Gasteiger partial charge in [0.2, 0.25) is 11.8 Å². The summed E-state index contributed by atoms with van der Waals surface area (Å²) in [6, 6.07) is 13.4. The van der Waals surface area contributed by atoms with Gasteiger partial charge in [0.1, 0.15) is 12.6 Å². The van der Waals surface area contributed by atoms with E-state index in [0.717, 1.165) is 10.5 Å². The van der Waals surface area contributed by atoms with Crippen LogP contribution in [0.3, 0.4) is 0 Å². The van der Waals surface area contributed by atoms with E-state index in [9.17, 15) is 24.0 Å². The van der Waals surface area contributed by atoms with Crippen molar-refractivity contribution in [3.63, 3.8) is 0 Å². The molecule has 3 N–H and O–H groups in total. The first-order valence-electron chi connectivity index (χ1n) is 24.5. The number of fused-ring (bicyclic) bond motifs is 1. The Kier molecular flexibility index (Phi) is 33.0. The Morgan fingerprint density at radius 1 is 0.486 bits per heavy atom. The molecule has 2 aromatic rings. The first-order valence-corrected chi connectivity index (χ1v) is 24.5. The van der Waals surface area contributed by atoms with Crippen molar-refractivity contribution in [3.8, 4) is 0 Å². The van der Waals surface area contributed by atoms with Crippen LogP contribution in [0, 0.1) is 0 Å². The molecule has 0 saturated carbocycles. The number of nitrogens with one attached hydrogen (secondary N) is 3. The summed E-state index contributed by atoms with van der Waals surface area (Å²) in [5, 5.41) is 7.97. The number of piperidine rings is 1. The highest BCUT2D eigenvalue weighted by molar-refractivity contribution is 6.25. The van der Waals surface area contributed by atoms with Crippen molar-refractivity contribution in [2.24, 2.45) is 0 Å². The van der Waals surface area contributed by atoms with Crippen molar-refractivity contribution in [2.45, 2.75) is 25.5 Å². The standard InChI is InChI=1S/C49H74N4O19/c54-44-10-9-43(46(55)52-44)53-47(56)41-7-4-8-42(45(41)48(53)57)50-11-13-59-15-17-61-19-21-63-23-25-65-27-29-67-31-33-69-35-37-71-38-36-70-34-32-68-30-28-66-26-24-64-22-20-62-18-16-60-14-12-51-49(58)72-39-40-5-2-1-3-6-40/h1-8,43,50H,9-39H2,(H,51,58)(H,52,54,55). The summed E-state index contributed by atoms with van der Waals surface area (Å²) >= 11 is 0. The number of amides is 5. The Morgan fingerprint density at radius 2 is 0.889 bits per heavy atom. The average molecular weight is 1020 g/mol. The molecule has 2 heterocycles. The van der Waals surface area contributed by atoms with Gasteiger partial charge in [0.25, 0.3) is 11.8 Å². The van der Waals surface area contributed by atoms with E-state index in [1.54, 1.807) is 18.2 Å². The predicted octanol–water partition coefficient (Wildman–Crippen LogP) is 1.64. The predicted molar refractivity (Wildman–Crippen MR) is 257 cm³/mol. The zero-order chi connectivity index (χ0) is 50.9. The zero-order valence-electron chi connectivity index (χ0n) is 41.3. The van der Waals surface area contributed by atoms with Gasteiger partial charge < -0.3 is 76.9 Å². The van der Waals surface area contributed by atoms with E-state index in [1.807, 2.05) is 30.3 Å². The van der Waals surface area contributed by atoms with E-state index in [4.69, 9.17) is 66.3 Å². The van der Waals surface area contributed by atoms with Crippen LogP contribution in [0.4, 0.5) is 10.5 Å². The summed E-state index contributed by atoms with van der Waals surface area (Å²) < 4.78 is 76.7. The molecule has 0 aromatic heterocycles. The minimum absolute atomic E-state index is 0.0600. The van der Waals surface area contributed by atoms with E-state index in [-0.39, 0.29) is 30.6 Å². The lowest BCUT2D eigenvalue weighted by Crippen LogP contribution is -2.54. The summed E-state index contributed by atoms with van der Waals surface area (Å²) in [5.74, 6) is -2.19. The lowest BCUT2D eigenvalue weighted by molar-refractivity contribution is -0.136. The quantitative estimate of drug-likeness (QED) is 0.0630. The van der Waals surface area contributed by atoms with Crippen LogP contribution in [0.25, 0.3) is 0 Å². The molecule has 5 amide bonds. The number of benzene rings is 2. The molecule has 2 aromatic carbocycles. The maximum atomic E-state index is 13.2. The lowest BCUT2D eigenvalue weighted by atomic mass is 10.0. The summed E-state index contributed by atoms with van der Waals surface area (Å²) in [5.41, 5.74) is 1.82. The van der Waals surface area contributed by atoms with Crippen molar-refractivity contribution in [1.82, 2.24) is 15.5 Å². The Morgan fingerprint density at radius 3 is 1.31 bits per heavy atom. The van der Waals surface area contributed by atoms with Crippen LogP contribution >= 0.6 is 0 Å². The number of alkyl carbamates (subject to hydrolysis) is 1. The molecule has 1 saturated heterocycles. The molecule has 72 heavy (non-hydrogen) atoms. The van der Waals surface area contributed by atoms with Gasteiger partial charge in [0.05, 0.1) is 183 Å². The van der Waals surface area contributed by atoms with Gasteiger partial charge in [-0.1, -0.05) is 36.4 Å². The number of ether oxygens (including phenoxy) is 14. The minimum atomic E-state index is -1.02. The van der Waals surface area contributed by atoms with Crippen molar-refractivity contribution in [2.75, 3.05) is 190 Å². The molecule has 23 heteroatoms. The summed E-state index contributed by atoms with van der Waals surface area (Å²) in [4.78, 5) is 62.7. The highest BCUT2D eigenvalue weighted by Gasteiger charge is 2.45. The molecule has 2 aliphatic heterocycles. The van der Waals surface area contributed by atoms with Gasteiger partial charge in [-0.2, -0.15) is 0 Å². The Labute approximate surface area is 421 Å². The maximum absolute atomic E-state index is 13.2. The fraction of sp³-hybridized carbons (Fsp3) is 0.653. The van der Waals surface area contributed by atoms with E-state index in [2.05, 4.69) is 16.0 Å². The van der Waals surface area contributed by atoms with Crippen molar-refractivity contribution in [1.29, 1.82) is 0 Å². The highest BCUT2D eigenvalue weighted by atomic mass is 16.6. The summed E-state index contributed by atoms with van der Waals surface area (Å²) in [6.45, 7) is 12.3. The SMILES string of the molecule is O=C1CCC(N2C(=O)c3cccc(NCCOCCOCCOCCOCCOCCOCCOCCOCCOCCOCCOCCOCCOCCNC(=O)OCc4ccccc4)c3C2=O)C(=O)N1. The third-order valence-corrected chi connectivity index (χ3v) is 10.2. The van der Waals surface area contributed by atoms with Crippen molar-refractivity contribution >= 4 is 35.4 Å². The number of carbonyl (C=O) groups excluding carboxylic acids is 5. The monoisotopic (exact) mass is 1020 g/mol. The lowest BCUT2D eigenvalue weighted by Gasteiger charge is -2.27. The molecule has 23 nitrogen and oxygen atoms in total. The molecule has 1 atom stereocenters. The fourth-order valence-corrected chi connectivity index (χ4v) is 6.66. The number of rotatable bonds is 46. The number of hydrogen-bond donors (Lipinski definition) is 3. The maximum Gasteiger partial charge on any atom is 0.407 e. The average Bonchev–Trinajstić information content (AvgIpc) is 3.64. The normalized spacial score (nSPS) is 14.5. The molecular formula is C49H74N4O19. The van der Waals surface area contributed by atoms with Crippen LogP contribution in [0.2, 0.25) is 0 Å². The van der Waals surface area contributed by atoms with Crippen molar-refractivity contribution < 1.29 is 90.3 Å². The summed E-state index contributed by atoms with van der Waals surface area (Å²) in [7, 11) is 0. The molecule has 404 valence electrons. The number of imide groups is 2. The minimum Gasteiger partial charge on any atom is -0.445 e. The molecular weight excluding hydrogens is 949 g/mol. The third kappa shape index (κ3) is 26.3. The number of anilines is 1. The van der Waals surface area contributed by atoms with E-state index >= 15 is 0 Å². The molecule has 2 aliphatic rings. The van der Waals surface area contributed by atoms with Gasteiger partial charge >= 0.3 is 6.09 Å². The van der Waals surface area contributed by atoms with Crippen LogP contribution < -0.4 is 16.0 Å². The second-order valence-corrected chi connectivity index (χ2v) is 15.6. The third-order valence-electron chi connectivity index (χ3n) is 10.2. The Bertz CT molecular complexity index is 1800. The van der Waals surface area contributed by atoms with Crippen LogP contribution in [0.5, 0.6) is 0 Å². The first kappa shape index (κ1) is 59.8. The van der Waals surface area contributed by atoms with Gasteiger partial charge in [-0.15, -0.1) is 0 Å². The fourth-order valence-electron chi connectivity index (χ4n) is 6.66. The van der Waals surface area contributed by atoms with Crippen molar-refractivity contribution in [3.05, 3.63) is 65.2 Å². The van der Waals surface area contributed by atoms with E-state index < -0.39 is 35.8 Å². The molecule has 1 fully saturated rings. The Hall–Kier alpha value is -4.73. The molecule has 1 unspecified atom stereocenters. The first-order chi connectivity index (χ1) is 35.5. The van der Waals surface area contributed by atoms with Gasteiger partial charge in [-0.05, 0) is 24.1 Å². The van der Waals surface area contributed by atoms with E-state index in [1.165, 1.54) is 0 Å². The smallest absolute Gasteiger partial charge is 0.407 e. The highest BCUT2D eigenvalue weighted by Crippen LogP contribution is 2.32. The van der Waals surface area contributed by atoms with Crippen LogP contribution in [0.1, 0.15) is 39.1 Å². The zero-order valence-corrected chi connectivity index (χ0v) is 41.3. The molecule has 4 rings (SSSR count). The molecule has 0 aliphatic carbocycles. The largest absolute Gasteiger partial charge is 0.445 e. The molecule has 0 bridgehead atoms. The van der Waals surface area contributed by atoms with Crippen LogP contribution in [-0.2, 0) is 82.5 Å². The molecule has 0 radical (unpaired) electrons. The van der Waals surface area contributed by atoms with Crippen LogP contribution in [0.15, 0.2) is 48.5 Å². The Balaban J connectivity index is 0.764. The number of carbonyl (C=O) groups is 5. The second kappa shape index (κ2) is 39.8. The van der Waals surface area contributed by atoms with Crippen LogP contribution in [-0.4, -0.2) is 226 Å². The van der Waals surface area contributed by atoms with Gasteiger partial charge in [-0.3, -0.25) is 29.4 Å². The van der Waals surface area contributed by atoms with Gasteiger partial charge in [0.15, 0.2) is 0 Å². The van der Waals surface area contributed by atoms with Gasteiger partial charge in [-0.25, -0.2) is 4.79 Å². The second-order valence-electron chi connectivity index (χ2n) is 15.6. The summed E-state index contributed by atoms with van der Waals surface area (Å²) in [6.07, 6.45) is -0.322. The van der Waals surface area contributed by atoms with E-state index in [0.29, 0.717) is 191 Å². The van der Waals surface area contributed by atoms with Gasteiger partial charge in [0, 0.05) is 25.2 Å². The number of nitrogens with zero attached hydrogens (tertiary/aromatic N) is 1. The molecule has 0 spiro atoms. The topological polar surface area (TPSA) is 254 Å².